The van der Waals surface area contributed by atoms with Crippen LogP contribution in [0.5, 0.6) is 0 Å². The lowest BCUT2D eigenvalue weighted by molar-refractivity contribution is -0.114. The minimum Gasteiger partial charge on any atom is -0.448 e. The van der Waals surface area contributed by atoms with Crippen molar-refractivity contribution in [3.63, 3.8) is 0 Å². The number of hydrogen-bond donors (Lipinski definition) is 2. The number of thioether (sulfide) groups is 1. The lowest BCUT2D eigenvalue weighted by Crippen LogP contribution is -2.15. The van der Waals surface area contributed by atoms with E-state index in [1.165, 1.54) is 6.92 Å². The molecule has 0 aliphatic carbocycles. The number of nitrogens with one attached hydrogen (secondary N) is 2. The van der Waals surface area contributed by atoms with E-state index in [-0.39, 0.29) is 5.91 Å². The summed E-state index contributed by atoms with van der Waals surface area (Å²) in [6, 6.07) is 5.28. The maximum atomic E-state index is 11.5. The van der Waals surface area contributed by atoms with Crippen LogP contribution in [0.25, 0.3) is 0 Å². The van der Waals surface area contributed by atoms with Gasteiger partial charge in [0.25, 0.3) is 0 Å². The zero-order valence-electron chi connectivity index (χ0n) is 11.3. The largest absolute Gasteiger partial charge is 0.448 e. The fourth-order valence-corrected chi connectivity index (χ4v) is 1.65. The first-order valence-corrected chi connectivity index (χ1v) is 7.23. The molecule has 1 rings (SSSR count). The Balaban J connectivity index is 2.63. The quantitative estimate of drug-likeness (QED) is 0.815. The van der Waals surface area contributed by atoms with Crippen LogP contribution in [-0.4, -0.2) is 30.6 Å². The number of anilines is 2. The number of rotatable bonds is 5. The van der Waals surface area contributed by atoms with Crippen LogP contribution in [0.1, 0.15) is 12.5 Å². The van der Waals surface area contributed by atoms with Crippen molar-refractivity contribution in [2.24, 2.45) is 0 Å². The highest BCUT2D eigenvalue weighted by Crippen LogP contribution is 2.20. The summed E-state index contributed by atoms with van der Waals surface area (Å²) in [7, 11) is 0. The number of carbonyl (C=O) groups is 2. The molecule has 0 unspecified atom stereocenters. The molecular weight excluding hydrogens is 264 g/mol. The van der Waals surface area contributed by atoms with Gasteiger partial charge in [-0.25, -0.2) is 4.79 Å². The van der Waals surface area contributed by atoms with E-state index >= 15 is 0 Å². The van der Waals surface area contributed by atoms with Gasteiger partial charge in [0.15, 0.2) is 0 Å². The van der Waals surface area contributed by atoms with Crippen LogP contribution in [0.2, 0.25) is 0 Å². The molecule has 1 aromatic rings. The highest BCUT2D eigenvalue weighted by atomic mass is 32.2. The van der Waals surface area contributed by atoms with Gasteiger partial charge in [0.05, 0.1) is 0 Å². The fraction of sp³-hybridized carbons (Fsp3) is 0.385. The van der Waals surface area contributed by atoms with E-state index in [0.29, 0.717) is 18.0 Å². The average Bonchev–Trinajstić information content (AvgIpc) is 2.33. The van der Waals surface area contributed by atoms with Crippen molar-refractivity contribution in [2.45, 2.75) is 13.8 Å². The predicted octanol–water partition coefficient (Wildman–Crippen LogP) is 2.86. The van der Waals surface area contributed by atoms with Gasteiger partial charge < -0.3 is 10.1 Å². The molecular formula is C13H18N2O3S. The average molecular weight is 282 g/mol. The molecule has 5 nitrogen and oxygen atoms in total. The molecule has 0 aromatic heterocycles. The van der Waals surface area contributed by atoms with E-state index in [1.54, 1.807) is 23.9 Å². The maximum absolute atomic E-state index is 11.5. The van der Waals surface area contributed by atoms with Crippen LogP contribution in [0, 0.1) is 6.92 Å². The standard InChI is InChI=1S/C13H18N2O3S/c1-9-4-5-11(8-12(9)14-10(2)16)15-13(17)18-6-7-19-3/h4-5,8H,6-7H2,1-3H3,(H,14,16)(H,15,17). The van der Waals surface area contributed by atoms with Crippen LogP contribution in [0.15, 0.2) is 18.2 Å². The predicted molar refractivity (Wildman–Crippen MR) is 78.8 cm³/mol. The maximum Gasteiger partial charge on any atom is 0.411 e. The Kier molecular flexibility index (Phi) is 6.21. The molecule has 2 amide bonds. The second-order valence-electron chi connectivity index (χ2n) is 3.96. The second kappa shape index (κ2) is 7.68. The van der Waals surface area contributed by atoms with Gasteiger partial charge in [-0.2, -0.15) is 11.8 Å². The van der Waals surface area contributed by atoms with E-state index in [2.05, 4.69) is 10.6 Å². The monoisotopic (exact) mass is 282 g/mol. The summed E-state index contributed by atoms with van der Waals surface area (Å²) in [6.45, 7) is 3.69. The van der Waals surface area contributed by atoms with E-state index < -0.39 is 6.09 Å². The molecule has 0 fully saturated rings. The third-order valence-electron chi connectivity index (χ3n) is 2.32. The van der Waals surface area contributed by atoms with Crippen molar-refractivity contribution in [3.05, 3.63) is 23.8 Å². The highest BCUT2D eigenvalue weighted by molar-refractivity contribution is 7.98. The first-order valence-electron chi connectivity index (χ1n) is 5.84. The van der Waals surface area contributed by atoms with Gasteiger partial charge in [0.1, 0.15) is 6.61 Å². The molecule has 0 atom stereocenters. The Morgan fingerprint density at radius 2 is 2.05 bits per heavy atom. The summed E-state index contributed by atoms with van der Waals surface area (Å²) in [5.41, 5.74) is 2.19. The van der Waals surface area contributed by atoms with E-state index in [9.17, 15) is 9.59 Å². The smallest absolute Gasteiger partial charge is 0.411 e. The Hall–Kier alpha value is -1.69. The minimum absolute atomic E-state index is 0.150. The molecule has 0 spiro atoms. The molecule has 0 saturated heterocycles. The molecule has 19 heavy (non-hydrogen) atoms. The van der Waals surface area contributed by atoms with E-state index in [0.717, 1.165) is 11.3 Å². The Morgan fingerprint density at radius 1 is 1.32 bits per heavy atom. The van der Waals surface area contributed by atoms with Gasteiger partial charge in [-0.3, -0.25) is 10.1 Å². The number of hydrogen-bond acceptors (Lipinski definition) is 4. The van der Waals surface area contributed by atoms with Gasteiger partial charge in [-0.15, -0.1) is 0 Å². The first-order chi connectivity index (χ1) is 9.02. The number of amides is 2. The molecule has 0 aliphatic heterocycles. The van der Waals surface area contributed by atoms with Gasteiger partial charge in [0, 0.05) is 24.1 Å². The summed E-state index contributed by atoms with van der Waals surface area (Å²) in [5.74, 6) is 0.612. The van der Waals surface area contributed by atoms with Crippen molar-refractivity contribution < 1.29 is 14.3 Å². The highest BCUT2D eigenvalue weighted by Gasteiger charge is 2.06. The number of carbonyl (C=O) groups excluding carboxylic acids is 2. The van der Waals surface area contributed by atoms with Crippen molar-refractivity contribution in [3.8, 4) is 0 Å². The number of ether oxygens (including phenoxy) is 1. The van der Waals surface area contributed by atoms with Crippen molar-refractivity contribution in [1.82, 2.24) is 0 Å². The number of aryl methyl sites for hydroxylation is 1. The normalized spacial score (nSPS) is 9.84. The summed E-state index contributed by atoms with van der Waals surface area (Å²) < 4.78 is 4.98. The van der Waals surface area contributed by atoms with Gasteiger partial charge in [0.2, 0.25) is 5.91 Å². The van der Waals surface area contributed by atoms with Crippen molar-refractivity contribution in [1.29, 1.82) is 0 Å². The molecule has 6 heteroatoms. The first kappa shape index (κ1) is 15.4. The number of benzene rings is 1. The molecule has 2 N–H and O–H groups in total. The van der Waals surface area contributed by atoms with Crippen LogP contribution < -0.4 is 10.6 Å². The molecule has 0 saturated carbocycles. The fourth-order valence-electron chi connectivity index (χ4n) is 1.40. The topological polar surface area (TPSA) is 67.4 Å². The van der Waals surface area contributed by atoms with Gasteiger partial charge in [-0.05, 0) is 30.9 Å². The third kappa shape index (κ3) is 5.65. The van der Waals surface area contributed by atoms with E-state index in [1.807, 2.05) is 19.2 Å². The molecule has 0 bridgehead atoms. The molecule has 1 aromatic carbocycles. The molecule has 104 valence electrons. The second-order valence-corrected chi connectivity index (χ2v) is 4.95. The Bertz CT molecular complexity index is 463. The van der Waals surface area contributed by atoms with Crippen LogP contribution in [0.3, 0.4) is 0 Å². The lowest BCUT2D eigenvalue weighted by Gasteiger charge is -2.10. The SMILES string of the molecule is CSCCOC(=O)Nc1ccc(C)c(NC(C)=O)c1. The summed E-state index contributed by atoms with van der Waals surface area (Å²) in [6.07, 6.45) is 1.45. The van der Waals surface area contributed by atoms with Gasteiger partial charge >= 0.3 is 6.09 Å². The molecule has 0 aliphatic rings. The van der Waals surface area contributed by atoms with E-state index in [4.69, 9.17) is 4.74 Å². The lowest BCUT2D eigenvalue weighted by atomic mass is 10.2. The van der Waals surface area contributed by atoms with Crippen molar-refractivity contribution >= 4 is 35.1 Å². The Morgan fingerprint density at radius 3 is 2.68 bits per heavy atom. The Labute approximate surface area is 117 Å². The molecule has 0 radical (unpaired) electrons. The van der Waals surface area contributed by atoms with Crippen LogP contribution >= 0.6 is 11.8 Å². The third-order valence-corrected chi connectivity index (χ3v) is 2.89. The summed E-state index contributed by atoms with van der Waals surface area (Å²) >= 11 is 1.61. The minimum atomic E-state index is -0.494. The van der Waals surface area contributed by atoms with Crippen LogP contribution in [0.4, 0.5) is 16.2 Å². The van der Waals surface area contributed by atoms with Gasteiger partial charge in [-0.1, -0.05) is 6.07 Å². The van der Waals surface area contributed by atoms with Crippen molar-refractivity contribution in [2.75, 3.05) is 29.2 Å². The summed E-state index contributed by atoms with van der Waals surface area (Å²) in [5, 5.41) is 5.32. The zero-order chi connectivity index (χ0) is 14.3. The zero-order valence-corrected chi connectivity index (χ0v) is 12.1. The summed E-state index contributed by atoms with van der Waals surface area (Å²) in [4.78, 5) is 22.5. The van der Waals surface area contributed by atoms with Crippen LogP contribution in [-0.2, 0) is 9.53 Å². The molecule has 0 heterocycles.